The van der Waals surface area contributed by atoms with Gasteiger partial charge >= 0.3 is 5.97 Å². The Balaban J connectivity index is 1.30. The van der Waals surface area contributed by atoms with E-state index >= 15 is 0 Å². The van der Waals surface area contributed by atoms with Gasteiger partial charge in [0.1, 0.15) is 28.9 Å². The first kappa shape index (κ1) is 25.3. The van der Waals surface area contributed by atoms with Gasteiger partial charge in [-0.3, -0.25) is 14.5 Å². The number of aliphatic carboxylic acids is 1. The maximum atomic E-state index is 13.2. The number of nitrogens with two attached hydrogens (primary N) is 2. The van der Waals surface area contributed by atoms with E-state index in [1.54, 1.807) is 5.38 Å². The molecular formula is C19H22N10O5S3. The van der Waals surface area contributed by atoms with Crippen molar-refractivity contribution in [2.24, 2.45) is 5.16 Å². The molecule has 2 amide bonds. The van der Waals surface area contributed by atoms with Gasteiger partial charge in [-0.25, -0.2) is 9.78 Å². The van der Waals surface area contributed by atoms with Crippen molar-refractivity contribution in [3.63, 3.8) is 0 Å². The van der Waals surface area contributed by atoms with E-state index in [0.717, 1.165) is 53.6 Å². The summed E-state index contributed by atoms with van der Waals surface area (Å²) in [5.74, 6) is 3.73. The van der Waals surface area contributed by atoms with Crippen LogP contribution in [0.15, 0.2) is 27.0 Å². The van der Waals surface area contributed by atoms with Gasteiger partial charge in [0, 0.05) is 16.9 Å². The van der Waals surface area contributed by atoms with Gasteiger partial charge < -0.3 is 26.8 Å². The highest BCUT2D eigenvalue weighted by atomic mass is 32.2. The quantitative estimate of drug-likeness (QED) is 0.100. The number of rotatable bonds is 9. The molecule has 18 heteroatoms. The summed E-state index contributed by atoms with van der Waals surface area (Å²) in [6.07, 6.45) is 3.66. The summed E-state index contributed by atoms with van der Waals surface area (Å²) in [6, 6.07) is -0.940. The number of aromatic nitrogens is 5. The average molecular weight is 567 g/mol. The molecule has 15 nitrogen and oxygen atoms in total. The van der Waals surface area contributed by atoms with Crippen LogP contribution < -0.4 is 16.9 Å². The lowest BCUT2D eigenvalue weighted by Crippen LogP contribution is -2.71. The molecule has 0 unspecified atom stereocenters. The third kappa shape index (κ3) is 5.08. The summed E-state index contributed by atoms with van der Waals surface area (Å²) in [5.41, 5.74) is 6.29. The molecule has 6 N–H and O–H groups in total. The third-order valence-corrected chi connectivity index (χ3v) is 8.98. The number of hydrogen-bond donors (Lipinski definition) is 4. The lowest BCUT2D eigenvalue weighted by atomic mass is 10.0. The summed E-state index contributed by atoms with van der Waals surface area (Å²) in [6.45, 7) is 0. The smallest absolute Gasteiger partial charge is 0.352 e. The monoisotopic (exact) mass is 566 g/mol. The number of oxime groups is 1. The predicted molar refractivity (Wildman–Crippen MR) is 135 cm³/mol. The third-order valence-electron chi connectivity index (χ3n) is 5.95. The molecule has 37 heavy (non-hydrogen) atoms. The van der Waals surface area contributed by atoms with Gasteiger partial charge in [-0.15, -0.1) is 27.9 Å². The molecule has 1 saturated heterocycles. The number of fused-ring (bicyclic) bond motifs is 1. The van der Waals surface area contributed by atoms with Gasteiger partial charge in [-0.05, 0) is 41.7 Å². The van der Waals surface area contributed by atoms with Crippen molar-refractivity contribution in [1.82, 2.24) is 35.5 Å². The number of carbonyl (C=O) groups is 3. The maximum absolute atomic E-state index is 13.2. The van der Waals surface area contributed by atoms with Gasteiger partial charge in [-0.1, -0.05) is 22.0 Å². The molecule has 0 spiro atoms. The first-order valence-corrected chi connectivity index (χ1v) is 14.1. The molecule has 3 aliphatic rings. The lowest BCUT2D eigenvalue weighted by molar-refractivity contribution is -0.150. The number of amides is 2. The number of carbonyl (C=O) groups excluding carboxylic acids is 2. The molecule has 0 aromatic carbocycles. The summed E-state index contributed by atoms with van der Waals surface area (Å²) < 4.78 is 0. The minimum Gasteiger partial charge on any atom is -0.477 e. The molecule has 196 valence electrons. The lowest BCUT2D eigenvalue weighted by Gasteiger charge is -2.49. The minimum atomic E-state index is -1.24. The molecule has 2 aromatic heterocycles. The second kappa shape index (κ2) is 10.5. The largest absolute Gasteiger partial charge is 0.477 e. The van der Waals surface area contributed by atoms with Crippen LogP contribution in [0.5, 0.6) is 0 Å². The number of carboxylic acids is 1. The highest BCUT2D eigenvalue weighted by molar-refractivity contribution is 8.01. The fourth-order valence-corrected chi connectivity index (χ4v) is 6.99. The molecule has 2 aliphatic heterocycles. The van der Waals surface area contributed by atoms with Crippen LogP contribution in [-0.2, 0) is 19.2 Å². The van der Waals surface area contributed by atoms with E-state index in [4.69, 9.17) is 16.4 Å². The second-order valence-electron chi connectivity index (χ2n) is 8.34. The van der Waals surface area contributed by atoms with Crippen molar-refractivity contribution in [2.45, 2.75) is 48.4 Å². The van der Waals surface area contributed by atoms with Crippen LogP contribution in [0, 0.1) is 0 Å². The average Bonchev–Trinajstić information content (AvgIpc) is 3.64. The van der Waals surface area contributed by atoms with Crippen LogP contribution in [0.3, 0.4) is 0 Å². The minimum absolute atomic E-state index is 0.0856. The molecule has 0 radical (unpaired) electrons. The number of nitrogen functional groups attached to an aromatic ring is 2. The highest BCUT2D eigenvalue weighted by Gasteiger charge is 2.54. The molecule has 1 saturated carbocycles. The normalized spacial score (nSPS) is 22.1. The van der Waals surface area contributed by atoms with E-state index in [0.29, 0.717) is 16.5 Å². The Labute approximate surface area is 222 Å². The summed E-state index contributed by atoms with van der Waals surface area (Å²) in [4.78, 5) is 50.2. The first-order chi connectivity index (χ1) is 17.8. The van der Waals surface area contributed by atoms with Crippen molar-refractivity contribution >= 4 is 63.5 Å². The summed E-state index contributed by atoms with van der Waals surface area (Å²) in [5, 5.41) is 28.9. The van der Waals surface area contributed by atoms with Crippen molar-refractivity contribution in [3.8, 4) is 0 Å². The van der Waals surface area contributed by atoms with E-state index in [-0.39, 0.29) is 34.1 Å². The van der Waals surface area contributed by atoms with Crippen LogP contribution in [-0.4, -0.2) is 87.8 Å². The van der Waals surface area contributed by atoms with E-state index < -0.39 is 29.2 Å². The molecule has 5 rings (SSSR count). The highest BCUT2D eigenvalue weighted by Crippen LogP contribution is 2.41. The Kier molecular flexibility index (Phi) is 7.20. The Morgan fingerprint density at radius 3 is 2.78 bits per heavy atom. The van der Waals surface area contributed by atoms with Crippen LogP contribution in [0.2, 0.25) is 0 Å². The maximum Gasteiger partial charge on any atom is 0.352 e. The number of thioether (sulfide) groups is 2. The fourth-order valence-electron chi connectivity index (χ4n) is 4.16. The zero-order chi connectivity index (χ0) is 26.1. The second-order valence-corrected chi connectivity index (χ2v) is 11.3. The number of thiazole rings is 1. The van der Waals surface area contributed by atoms with Gasteiger partial charge in [-0.2, -0.15) is 0 Å². The molecule has 1 aliphatic carbocycles. The number of anilines is 1. The zero-order valence-corrected chi connectivity index (χ0v) is 21.6. The van der Waals surface area contributed by atoms with Gasteiger partial charge in [0.25, 0.3) is 11.8 Å². The zero-order valence-electron chi connectivity index (χ0n) is 19.1. The van der Waals surface area contributed by atoms with Crippen LogP contribution in [0.25, 0.3) is 0 Å². The fraction of sp³-hybridized carbons (Fsp3) is 0.474. The number of β-lactam (4-membered cyclic amide) rings is 1. The van der Waals surface area contributed by atoms with Crippen molar-refractivity contribution < 1.29 is 24.3 Å². The molecule has 0 bridgehead atoms. The number of tetrazole rings is 1. The Morgan fingerprint density at radius 2 is 2.14 bits per heavy atom. The summed E-state index contributed by atoms with van der Waals surface area (Å²) in [7, 11) is 0. The number of nitrogens with zero attached hydrogens (tertiary/aromatic N) is 7. The first-order valence-electron chi connectivity index (χ1n) is 11.2. The molecule has 4 heterocycles. The van der Waals surface area contributed by atoms with Crippen LogP contribution >= 0.6 is 34.9 Å². The van der Waals surface area contributed by atoms with Crippen molar-refractivity contribution in [1.29, 1.82) is 0 Å². The standard InChI is InChI=1S/C19H22N10O5S3/c20-18-22-10(7-36-18)11(25-34-9-3-1-2-4-9)14(30)23-12-15(31)28-13(17(32)33)8(5-35-16(12)28)6-37-19-24-26-27-29(19)21/h7,9,12,16H,1-6,21H2,(H2,20,22)(H,23,30)(H,32,33)/b25-11+/t12-,16-/m1/s1. The molecular weight excluding hydrogens is 544 g/mol. The predicted octanol–water partition coefficient (Wildman–Crippen LogP) is -0.380. The van der Waals surface area contributed by atoms with Crippen molar-refractivity contribution in [3.05, 3.63) is 22.3 Å². The Hall–Kier alpha value is -3.38. The number of hydrogen-bond acceptors (Lipinski definition) is 14. The molecule has 2 atom stereocenters. The molecule has 2 fully saturated rings. The Morgan fingerprint density at radius 1 is 1.35 bits per heavy atom. The van der Waals surface area contributed by atoms with Crippen LogP contribution in [0.1, 0.15) is 31.4 Å². The number of carboxylic acid groups (broad SMARTS) is 1. The Bertz CT molecular complexity index is 1290. The number of nitrogens with one attached hydrogen (secondary N) is 1. The van der Waals surface area contributed by atoms with Gasteiger partial charge in [0.05, 0.1) is 0 Å². The van der Waals surface area contributed by atoms with E-state index in [2.05, 4.69) is 31.0 Å². The summed E-state index contributed by atoms with van der Waals surface area (Å²) >= 11 is 3.65. The topological polar surface area (TPSA) is 217 Å². The van der Waals surface area contributed by atoms with E-state index in [1.165, 1.54) is 16.7 Å². The molecule has 2 aromatic rings. The van der Waals surface area contributed by atoms with E-state index in [9.17, 15) is 19.5 Å². The van der Waals surface area contributed by atoms with Crippen LogP contribution in [0.4, 0.5) is 5.13 Å². The van der Waals surface area contributed by atoms with Gasteiger partial charge in [0.2, 0.25) is 5.16 Å². The van der Waals surface area contributed by atoms with Crippen molar-refractivity contribution in [2.75, 3.05) is 23.1 Å². The van der Waals surface area contributed by atoms with Gasteiger partial charge in [0.15, 0.2) is 10.8 Å². The SMILES string of the molecule is Nc1nc(/C(=N\OC2CCCC2)C(=O)N[C@@H]2C(=O)N3C(C(=O)O)=C(CSc4nnnn4N)CS[C@H]23)cs1. The van der Waals surface area contributed by atoms with E-state index in [1.807, 2.05) is 0 Å².